The summed E-state index contributed by atoms with van der Waals surface area (Å²) < 4.78 is 0. The molecule has 2 aliphatic rings. The lowest BCUT2D eigenvalue weighted by atomic mass is 9.79. The first-order valence-electron chi connectivity index (χ1n) is 7.63. The molecular weight excluding hydrogens is 226 g/mol. The quantitative estimate of drug-likeness (QED) is 0.809. The number of hydrogen-bond donors (Lipinski definition) is 2. The van der Waals surface area contributed by atoms with E-state index in [9.17, 15) is 10.2 Å². The minimum Gasteiger partial charge on any atom is -0.393 e. The first-order valence-corrected chi connectivity index (χ1v) is 7.63. The van der Waals surface area contributed by atoms with Crippen LogP contribution in [0.2, 0.25) is 0 Å². The van der Waals surface area contributed by atoms with E-state index < -0.39 is 5.60 Å². The van der Waals surface area contributed by atoms with Gasteiger partial charge in [0.25, 0.3) is 0 Å². The molecule has 0 amide bonds. The summed E-state index contributed by atoms with van der Waals surface area (Å²) in [6.07, 6.45) is 7.24. The van der Waals surface area contributed by atoms with Crippen LogP contribution in [-0.4, -0.2) is 45.9 Å². The molecule has 18 heavy (non-hydrogen) atoms. The van der Waals surface area contributed by atoms with Crippen LogP contribution in [0.15, 0.2) is 0 Å². The van der Waals surface area contributed by atoms with E-state index in [2.05, 4.69) is 11.8 Å². The topological polar surface area (TPSA) is 43.7 Å². The Bertz CT molecular complexity index is 259. The third-order valence-electron chi connectivity index (χ3n) is 4.81. The number of aliphatic hydroxyl groups excluding tert-OH is 1. The second-order valence-electron chi connectivity index (χ2n) is 6.76. The molecular formula is C15H29NO2. The molecule has 106 valence electrons. The molecule has 0 spiro atoms. The zero-order chi connectivity index (χ0) is 13.2. The smallest absolute Gasteiger partial charge is 0.0774 e. The standard InChI is InChI=1S/C15H29NO2/c1-12-5-7-15(18,8-6-12)11-16-9-3-4-14(16)10-13(2)17/h12-14,17-18H,3-11H2,1-2H3. The Balaban J connectivity index is 1.87. The van der Waals surface area contributed by atoms with E-state index in [1.54, 1.807) is 0 Å². The lowest BCUT2D eigenvalue weighted by Gasteiger charge is -2.39. The maximum absolute atomic E-state index is 10.7. The van der Waals surface area contributed by atoms with Crippen LogP contribution in [0, 0.1) is 5.92 Å². The van der Waals surface area contributed by atoms with E-state index in [1.165, 1.54) is 12.8 Å². The Labute approximate surface area is 111 Å². The van der Waals surface area contributed by atoms with Crippen molar-refractivity contribution in [3.63, 3.8) is 0 Å². The molecule has 0 aromatic carbocycles. The molecule has 0 aromatic rings. The molecule has 2 N–H and O–H groups in total. The van der Waals surface area contributed by atoms with Gasteiger partial charge in [0, 0.05) is 12.6 Å². The predicted octanol–water partition coefficient (Wildman–Crippen LogP) is 2.16. The highest BCUT2D eigenvalue weighted by atomic mass is 16.3. The molecule has 2 fully saturated rings. The first kappa shape index (κ1) is 14.3. The fourth-order valence-electron chi connectivity index (χ4n) is 3.60. The minimum absolute atomic E-state index is 0.225. The van der Waals surface area contributed by atoms with Crippen LogP contribution in [0.5, 0.6) is 0 Å². The zero-order valence-electron chi connectivity index (χ0n) is 11.9. The fourth-order valence-corrected chi connectivity index (χ4v) is 3.60. The summed E-state index contributed by atoms with van der Waals surface area (Å²) in [5.41, 5.74) is -0.464. The number of nitrogens with zero attached hydrogens (tertiary/aromatic N) is 1. The zero-order valence-corrected chi connectivity index (χ0v) is 11.9. The lowest BCUT2D eigenvalue weighted by Crippen LogP contribution is -2.47. The maximum atomic E-state index is 10.7. The predicted molar refractivity (Wildman–Crippen MR) is 73.5 cm³/mol. The molecule has 2 atom stereocenters. The van der Waals surface area contributed by atoms with E-state index in [0.29, 0.717) is 6.04 Å². The van der Waals surface area contributed by atoms with Gasteiger partial charge in [0.1, 0.15) is 0 Å². The van der Waals surface area contributed by atoms with Gasteiger partial charge in [-0.05, 0) is 64.3 Å². The maximum Gasteiger partial charge on any atom is 0.0774 e. The molecule has 1 aliphatic carbocycles. The largest absolute Gasteiger partial charge is 0.393 e. The number of hydrogen-bond acceptors (Lipinski definition) is 3. The summed E-state index contributed by atoms with van der Waals surface area (Å²) in [5, 5.41) is 20.2. The Morgan fingerprint density at radius 3 is 2.56 bits per heavy atom. The van der Waals surface area contributed by atoms with E-state index in [-0.39, 0.29) is 6.10 Å². The molecule has 1 aliphatic heterocycles. The minimum atomic E-state index is -0.464. The van der Waals surface area contributed by atoms with Crippen molar-refractivity contribution >= 4 is 0 Å². The number of likely N-dealkylation sites (tertiary alicyclic amines) is 1. The van der Waals surface area contributed by atoms with E-state index >= 15 is 0 Å². The average Bonchev–Trinajstić information content (AvgIpc) is 2.70. The monoisotopic (exact) mass is 255 g/mol. The van der Waals surface area contributed by atoms with E-state index in [1.807, 2.05) is 6.92 Å². The van der Waals surface area contributed by atoms with Crippen LogP contribution in [0.3, 0.4) is 0 Å². The fraction of sp³-hybridized carbons (Fsp3) is 1.00. The summed E-state index contributed by atoms with van der Waals surface area (Å²) >= 11 is 0. The SMILES string of the molecule is CC(O)CC1CCCN1CC1(O)CCC(C)CC1. The van der Waals surface area contributed by atoms with Crippen molar-refractivity contribution in [1.82, 2.24) is 4.90 Å². The second kappa shape index (κ2) is 5.89. The highest BCUT2D eigenvalue weighted by Crippen LogP contribution is 2.34. The lowest BCUT2D eigenvalue weighted by molar-refractivity contribution is -0.0405. The van der Waals surface area contributed by atoms with Crippen LogP contribution in [-0.2, 0) is 0 Å². The van der Waals surface area contributed by atoms with Gasteiger partial charge in [-0.15, -0.1) is 0 Å². The van der Waals surface area contributed by atoms with Crippen molar-refractivity contribution in [2.24, 2.45) is 5.92 Å². The van der Waals surface area contributed by atoms with Gasteiger partial charge in [-0.2, -0.15) is 0 Å². The Morgan fingerprint density at radius 1 is 1.28 bits per heavy atom. The van der Waals surface area contributed by atoms with E-state index in [0.717, 1.165) is 51.1 Å². The third-order valence-corrected chi connectivity index (χ3v) is 4.81. The Kier molecular flexibility index (Phi) is 4.68. The first-order chi connectivity index (χ1) is 8.48. The van der Waals surface area contributed by atoms with Gasteiger partial charge in [0.2, 0.25) is 0 Å². The molecule has 2 unspecified atom stereocenters. The van der Waals surface area contributed by atoms with Gasteiger partial charge in [-0.1, -0.05) is 6.92 Å². The summed E-state index contributed by atoms with van der Waals surface area (Å²) in [6, 6.07) is 0.480. The van der Waals surface area contributed by atoms with Crippen LogP contribution >= 0.6 is 0 Å². The summed E-state index contributed by atoms with van der Waals surface area (Å²) in [6.45, 7) is 6.06. The Hall–Kier alpha value is -0.120. The molecule has 3 nitrogen and oxygen atoms in total. The van der Waals surface area contributed by atoms with Crippen molar-refractivity contribution in [2.75, 3.05) is 13.1 Å². The average molecular weight is 255 g/mol. The highest BCUT2D eigenvalue weighted by molar-refractivity contribution is 4.91. The third kappa shape index (κ3) is 3.69. The molecule has 3 heteroatoms. The normalized spacial score (nSPS) is 40.0. The van der Waals surface area contributed by atoms with Gasteiger partial charge in [-0.3, -0.25) is 4.90 Å². The van der Waals surface area contributed by atoms with Crippen LogP contribution in [0.25, 0.3) is 0 Å². The number of rotatable bonds is 4. The number of aliphatic hydroxyl groups is 2. The van der Waals surface area contributed by atoms with Crippen molar-refractivity contribution < 1.29 is 10.2 Å². The second-order valence-corrected chi connectivity index (χ2v) is 6.76. The molecule has 0 radical (unpaired) electrons. The Morgan fingerprint density at radius 2 is 1.94 bits per heavy atom. The highest BCUT2D eigenvalue weighted by Gasteiger charge is 2.37. The van der Waals surface area contributed by atoms with Crippen molar-refractivity contribution in [3.05, 3.63) is 0 Å². The van der Waals surface area contributed by atoms with Gasteiger partial charge in [0.05, 0.1) is 11.7 Å². The van der Waals surface area contributed by atoms with Crippen LogP contribution in [0.4, 0.5) is 0 Å². The van der Waals surface area contributed by atoms with Gasteiger partial charge in [0.15, 0.2) is 0 Å². The van der Waals surface area contributed by atoms with Gasteiger partial charge >= 0.3 is 0 Å². The van der Waals surface area contributed by atoms with Crippen LogP contribution < -0.4 is 0 Å². The van der Waals surface area contributed by atoms with Gasteiger partial charge < -0.3 is 10.2 Å². The molecule has 0 aromatic heterocycles. The summed E-state index contributed by atoms with van der Waals surface area (Å²) in [4.78, 5) is 2.42. The molecule has 2 rings (SSSR count). The van der Waals surface area contributed by atoms with Gasteiger partial charge in [-0.25, -0.2) is 0 Å². The summed E-state index contributed by atoms with van der Waals surface area (Å²) in [5.74, 6) is 0.775. The van der Waals surface area contributed by atoms with E-state index in [4.69, 9.17) is 0 Å². The summed E-state index contributed by atoms with van der Waals surface area (Å²) in [7, 11) is 0. The van der Waals surface area contributed by atoms with Crippen LogP contribution in [0.1, 0.15) is 58.8 Å². The molecule has 1 heterocycles. The molecule has 1 saturated carbocycles. The van der Waals surface area contributed by atoms with Crippen molar-refractivity contribution in [3.8, 4) is 0 Å². The number of β-amino-alcohol motifs (C(OH)–C–C–N with tert-alkyl or cyclic N) is 1. The molecule has 1 saturated heterocycles. The van der Waals surface area contributed by atoms with Crippen molar-refractivity contribution in [1.29, 1.82) is 0 Å². The van der Waals surface area contributed by atoms with Crippen molar-refractivity contribution in [2.45, 2.75) is 76.5 Å². The molecule has 0 bridgehead atoms.